The molecule has 1 aliphatic heterocycles. The summed E-state index contributed by atoms with van der Waals surface area (Å²) >= 11 is 0. The number of rotatable bonds is 5. The first-order chi connectivity index (χ1) is 8.96. The van der Waals surface area contributed by atoms with Crippen LogP contribution < -0.4 is 5.32 Å². The predicted octanol–water partition coefficient (Wildman–Crippen LogP) is 1.51. The summed E-state index contributed by atoms with van der Waals surface area (Å²) in [5.41, 5.74) is 0.452. The Bertz CT molecular complexity index is 556. The Kier molecular flexibility index (Phi) is 4.23. The van der Waals surface area contributed by atoms with Crippen molar-refractivity contribution in [3.05, 3.63) is 29.6 Å². The summed E-state index contributed by atoms with van der Waals surface area (Å²) in [5, 5.41) is 3.08. The van der Waals surface area contributed by atoms with Gasteiger partial charge in [0.15, 0.2) is 0 Å². The van der Waals surface area contributed by atoms with Crippen molar-refractivity contribution in [2.75, 3.05) is 19.6 Å². The van der Waals surface area contributed by atoms with Gasteiger partial charge in [-0.2, -0.15) is 4.31 Å². The van der Waals surface area contributed by atoms with Crippen LogP contribution in [0.5, 0.6) is 0 Å². The number of halogens is 1. The van der Waals surface area contributed by atoms with E-state index in [0.717, 1.165) is 6.42 Å². The van der Waals surface area contributed by atoms with Crippen molar-refractivity contribution in [3.8, 4) is 0 Å². The molecule has 0 aliphatic carbocycles. The van der Waals surface area contributed by atoms with Crippen LogP contribution in [0, 0.1) is 12.7 Å². The second kappa shape index (κ2) is 5.56. The van der Waals surface area contributed by atoms with Crippen LogP contribution >= 0.6 is 0 Å². The van der Waals surface area contributed by atoms with Gasteiger partial charge in [0.2, 0.25) is 10.0 Å². The monoisotopic (exact) mass is 286 g/mol. The number of hydrogen-bond donors (Lipinski definition) is 1. The molecule has 106 valence electrons. The molecule has 1 fully saturated rings. The summed E-state index contributed by atoms with van der Waals surface area (Å²) in [4.78, 5) is 0.203. The van der Waals surface area contributed by atoms with Gasteiger partial charge in [0.25, 0.3) is 0 Å². The molecule has 1 aromatic carbocycles. The second-order valence-corrected chi connectivity index (χ2v) is 6.70. The summed E-state index contributed by atoms with van der Waals surface area (Å²) in [6, 6.07) is 3.82. The average molecular weight is 286 g/mol. The SMILES string of the molecule is CCCN(C1CNC1)S(=O)(=O)c1ccc(F)cc1C. The fourth-order valence-corrected chi connectivity index (χ4v) is 4.15. The Labute approximate surface area is 113 Å². The summed E-state index contributed by atoms with van der Waals surface area (Å²) in [6.07, 6.45) is 0.760. The van der Waals surface area contributed by atoms with Crippen LogP contribution in [0.25, 0.3) is 0 Å². The molecule has 6 heteroatoms. The summed E-state index contributed by atoms with van der Waals surface area (Å²) in [7, 11) is -3.54. The summed E-state index contributed by atoms with van der Waals surface area (Å²) in [6.45, 7) is 5.43. The van der Waals surface area contributed by atoms with E-state index in [-0.39, 0.29) is 10.9 Å². The molecule has 1 aliphatic rings. The molecule has 4 nitrogen and oxygen atoms in total. The van der Waals surface area contributed by atoms with Crippen molar-refractivity contribution in [3.63, 3.8) is 0 Å². The minimum absolute atomic E-state index is 0.00871. The van der Waals surface area contributed by atoms with E-state index in [9.17, 15) is 12.8 Å². The van der Waals surface area contributed by atoms with Crippen LogP contribution in [0.1, 0.15) is 18.9 Å². The van der Waals surface area contributed by atoms with Crippen LogP contribution in [0.2, 0.25) is 0 Å². The fraction of sp³-hybridized carbons (Fsp3) is 0.538. The Balaban J connectivity index is 2.38. The summed E-state index contributed by atoms with van der Waals surface area (Å²) in [5.74, 6) is -0.413. The normalized spacial score (nSPS) is 16.6. The van der Waals surface area contributed by atoms with E-state index in [2.05, 4.69) is 5.32 Å². The molecule has 0 bridgehead atoms. The van der Waals surface area contributed by atoms with Gasteiger partial charge in [-0.15, -0.1) is 0 Å². The minimum Gasteiger partial charge on any atom is -0.313 e. The lowest BCUT2D eigenvalue weighted by molar-refractivity contribution is 0.241. The molecule has 1 N–H and O–H groups in total. The van der Waals surface area contributed by atoms with E-state index in [1.165, 1.54) is 22.5 Å². The largest absolute Gasteiger partial charge is 0.313 e. The molecule has 19 heavy (non-hydrogen) atoms. The molecular weight excluding hydrogens is 267 g/mol. The van der Waals surface area contributed by atoms with Crippen LogP contribution in [-0.2, 0) is 10.0 Å². The van der Waals surface area contributed by atoms with Gasteiger partial charge in [-0.25, -0.2) is 12.8 Å². The zero-order valence-electron chi connectivity index (χ0n) is 11.2. The maximum atomic E-state index is 13.1. The van der Waals surface area contributed by atoms with Crippen molar-refractivity contribution in [2.24, 2.45) is 0 Å². The number of benzene rings is 1. The lowest BCUT2D eigenvalue weighted by Gasteiger charge is -2.37. The molecule has 0 unspecified atom stereocenters. The van der Waals surface area contributed by atoms with Crippen molar-refractivity contribution >= 4 is 10.0 Å². The molecule has 1 saturated heterocycles. The molecule has 0 radical (unpaired) electrons. The van der Waals surface area contributed by atoms with Crippen LogP contribution in [0.3, 0.4) is 0 Å². The lowest BCUT2D eigenvalue weighted by atomic mass is 10.2. The Morgan fingerprint density at radius 2 is 2.11 bits per heavy atom. The highest BCUT2D eigenvalue weighted by molar-refractivity contribution is 7.89. The molecule has 2 rings (SSSR count). The van der Waals surface area contributed by atoms with Crippen molar-refractivity contribution in [2.45, 2.75) is 31.2 Å². The van der Waals surface area contributed by atoms with Crippen LogP contribution in [-0.4, -0.2) is 38.4 Å². The number of sulfonamides is 1. The molecule has 0 atom stereocenters. The zero-order valence-corrected chi connectivity index (χ0v) is 12.0. The molecule has 1 aromatic rings. The standard InChI is InChI=1S/C13H19FN2O2S/c1-3-6-16(12-8-15-9-12)19(17,18)13-5-4-11(14)7-10(13)2/h4-5,7,12,15H,3,6,8-9H2,1-2H3. The minimum atomic E-state index is -3.54. The van der Waals surface area contributed by atoms with Crippen molar-refractivity contribution in [1.29, 1.82) is 0 Å². The topological polar surface area (TPSA) is 49.4 Å². The number of aryl methyl sites for hydroxylation is 1. The van der Waals surface area contributed by atoms with Crippen LogP contribution in [0.15, 0.2) is 23.1 Å². The fourth-order valence-electron chi connectivity index (χ4n) is 2.23. The van der Waals surface area contributed by atoms with Crippen molar-refractivity contribution in [1.82, 2.24) is 9.62 Å². The maximum absolute atomic E-state index is 13.1. The quantitative estimate of drug-likeness (QED) is 0.892. The molecule has 1 heterocycles. The highest BCUT2D eigenvalue weighted by atomic mass is 32.2. The number of hydrogen-bond acceptors (Lipinski definition) is 3. The lowest BCUT2D eigenvalue weighted by Crippen LogP contribution is -2.58. The molecule has 0 aromatic heterocycles. The maximum Gasteiger partial charge on any atom is 0.243 e. The van der Waals surface area contributed by atoms with Gasteiger partial charge in [-0.05, 0) is 37.1 Å². The van der Waals surface area contributed by atoms with E-state index in [1.54, 1.807) is 6.92 Å². The Morgan fingerprint density at radius 1 is 1.42 bits per heavy atom. The van der Waals surface area contributed by atoms with Crippen LogP contribution in [0.4, 0.5) is 4.39 Å². The molecular formula is C13H19FN2O2S. The van der Waals surface area contributed by atoms with Crippen molar-refractivity contribution < 1.29 is 12.8 Å². The smallest absolute Gasteiger partial charge is 0.243 e. The third-order valence-electron chi connectivity index (χ3n) is 3.33. The van der Waals surface area contributed by atoms with E-state index >= 15 is 0 Å². The predicted molar refractivity (Wildman–Crippen MR) is 72.0 cm³/mol. The van der Waals surface area contributed by atoms with E-state index < -0.39 is 15.8 Å². The highest BCUT2D eigenvalue weighted by Gasteiger charge is 2.34. The number of nitrogens with zero attached hydrogens (tertiary/aromatic N) is 1. The third kappa shape index (κ3) is 2.80. The molecule has 0 amide bonds. The Morgan fingerprint density at radius 3 is 2.58 bits per heavy atom. The van der Waals surface area contributed by atoms with Gasteiger partial charge in [-0.1, -0.05) is 6.92 Å². The summed E-state index contributed by atoms with van der Waals surface area (Å²) < 4.78 is 40.0. The van der Waals surface area contributed by atoms with Gasteiger partial charge in [0.1, 0.15) is 5.82 Å². The van der Waals surface area contributed by atoms with E-state index in [1.807, 2.05) is 6.92 Å². The van der Waals surface area contributed by atoms with E-state index in [0.29, 0.717) is 25.2 Å². The average Bonchev–Trinajstić information content (AvgIpc) is 2.25. The first-order valence-electron chi connectivity index (χ1n) is 6.45. The third-order valence-corrected chi connectivity index (χ3v) is 5.45. The van der Waals surface area contributed by atoms with Gasteiger partial charge in [0, 0.05) is 19.6 Å². The Hall–Kier alpha value is -0.980. The highest BCUT2D eigenvalue weighted by Crippen LogP contribution is 2.23. The van der Waals surface area contributed by atoms with Gasteiger partial charge >= 0.3 is 0 Å². The second-order valence-electron chi connectivity index (χ2n) is 4.84. The first-order valence-corrected chi connectivity index (χ1v) is 7.89. The zero-order chi connectivity index (χ0) is 14.0. The van der Waals surface area contributed by atoms with Gasteiger partial charge in [0.05, 0.1) is 10.9 Å². The number of nitrogens with one attached hydrogen (secondary N) is 1. The van der Waals surface area contributed by atoms with E-state index in [4.69, 9.17) is 0 Å². The van der Waals surface area contributed by atoms with Gasteiger partial charge in [-0.3, -0.25) is 0 Å². The first kappa shape index (κ1) is 14.4. The van der Waals surface area contributed by atoms with Gasteiger partial charge < -0.3 is 5.32 Å². The molecule has 0 saturated carbocycles. The molecule has 0 spiro atoms.